The van der Waals surface area contributed by atoms with Crippen LogP contribution in [0.3, 0.4) is 0 Å². The maximum atomic E-state index is 11.2. The minimum atomic E-state index is -1.10. The highest BCUT2D eigenvalue weighted by Gasteiger charge is 2.24. The van der Waals surface area contributed by atoms with Crippen LogP contribution in [0, 0.1) is 6.92 Å². The van der Waals surface area contributed by atoms with Gasteiger partial charge in [0.2, 0.25) is 5.78 Å². The third-order valence-corrected chi connectivity index (χ3v) is 3.86. The van der Waals surface area contributed by atoms with Crippen molar-refractivity contribution in [3.8, 4) is 17.2 Å². The smallest absolute Gasteiger partial charge is 0.220 e. The molecule has 0 amide bonds. The number of rotatable bonds is 3. The summed E-state index contributed by atoms with van der Waals surface area (Å²) in [6, 6.07) is 1.10. The fourth-order valence-electron chi connectivity index (χ4n) is 2.36. The van der Waals surface area contributed by atoms with Gasteiger partial charge in [0.1, 0.15) is 17.2 Å². The van der Waals surface area contributed by atoms with Crippen molar-refractivity contribution in [1.82, 2.24) is 0 Å². The lowest BCUT2D eigenvalue weighted by Crippen LogP contribution is -2.15. The SMILES string of the molecule is Cc1c(O)cc(O)c(C(C)C(O)C=C2C=CC(=O)C(O)=C2)c1O. The lowest BCUT2D eigenvalue weighted by molar-refractivity contribution is -0.113. The van der Waals surface area contributed by atoms with Crippen LogP contribution in [0.2, 0.25) is 0 Å². The molecule has 1 aromatic rings. The van der Waals surface area contributed by atoms with E-state index in [4.69, 9.17) is 0 Å². The van der Waals surface area contributed by atoms with Gasteiger partial charge in [-0.05, 0) is 30.7 Å². The molecule has 0 heterocycles. The average molecular weight is 318 g/mol. The van der Waals surface area contributed by atoms with Crippen molar-refractivity contribution in [3.63, 3.8) is 0 Å². The molecule has 6 heteroatoms. The molecule has 0 aromatic heterocycles. The van der Waals surface area contributed by atoms with Crippen molar-refractivity contribution in [1.29, 1.82) is 0 Å². The first-order valence-electron chi connectivity index (χ1n) is 6.99. The maximum Gasteiger partial charge on any atom is 0.220 e. The van der Waals surface area contributed by atoms with E-state index in [2.05, 4.69) is 0 Å². The number of hydrogen-bond acceptors (Lipinski definition) is 6. The number of aliphatic hydroxyl groups excluding tert-OH is 2. The Morgan fingerprint density at radius 1 is 1.09 bits per heavy atom. The second-order valence-electron chi connectivity index (χ2n) is 5.48. The minimum absolute atomic E-state index is 0.105. The van der Waals surface area contributed by atoms with Crippen molar-refractivity contribution in [3.05, 3.63) is 52.8 Å². The van der Waals surface area contributed by atoms with Gasteiger partial charge in [-0.1, -0.05) is 13.0 Å². The molecule has 1 aliphatic carbocycles. The van der Waals surface area contributed by atoms with E-state index < -0.39 is 23.6 Å². The lowest BCUT2D eigenvalue weighted by atomic mass is 9.90. The van der Waals surface area contributed by atoms with Crippen molar-refractivity contribution in [2.45, 2.75) is 25.9 Å². The number of allylic oxidation sites excluding steroid dienone is 4. The van der Waals surface area contributed by atoms with Gasteiger partial charge in [-0.25, -0.2) is 0 Å². The number of hydrogen-bond donors (Lipinski definition) is 5. The lowest BCUT2D eigenvalue weighted by Gasteiger charge is -2.21. The van der Waals surface area contributed by atoms with Gasteiger partial charge in [0.05, 0.1) is 6.10 Å². The Kier molecular flexibility index (Phi) is 4.47. The van der Waals surface area contributed by atoms with Crippen LogP contribution in [-0.2, 0) is 4.79 Å². The zero-order chi connectivity index (χ0) is 17.3. The Balaban J connectivity index is 2.35. The second kappa shape index (κ2) is 6.18. The summed E-state index contributed by atoms with van der Waals surface area (Å²) in [4.78, 5) is 11.2. The molecule has 1 aliphatic rings. The highest BCUT2D eigenvalue weighted by atomic mass is 16.3. The topological polar surface area (TPSA) is 118 Å². The first kappa shape index (κ1) is 16.6. The largest absolute Gasteiger partial charge is 0.507 e. The van der Waals surface area contributed by atoms with Gasteiger partial charge in [-0.15, -0.1) is 0 Å². The zero-order valence-corrected chi connectivity index (χ0v) is 12.7. The number of phenolic OH excluding ortho intramolecular Hbond substituents is 3. The average Bonchev–Trinajstić information content (AvgIpc) is 2.48. The second-order valence-corrected chi connectivity index (χ2v) is 5.48. The highest BCUT2D eigenvalue weighted by molar-refractivity contribution is 6.04. The van der Waals surface area contributed by atoms with Crippen LogP contribution in [0.15, 0.2) is 41.7 Å². The molecule has 0 bridgehead atoms. The standard InChI is InChI=1S/C17H18O6/c1-8(16-15(22)7-13(20)9(2)17(16)23)12(19)5-10-3-4-11(18)14(21)6-10/h3-8,12,19-23H,1-2H3. The van der Waals surface area contributed by atoms with E-state index in [-0.39, 0.29) is 28.4 Å². The maximum absolute atomic E-state index is 11.2. The van der Waals surface area contributed by atoms with Crippen LogP contribution < -0.4 is 0 Å². The molecular weight excluding hydrogens is 300 g/mol. The Labute approximate surface area is 133 Å². The molecule has 6 nitrogen and oxygen atoms in total. The molecule has 0 aliphatic heterocycles. The molecule has 1 aromatic carbocycles. The summed E-state index contributed by atoms with van der Waals surface area (Å²) in [6.07, 6.45) is 4.13. The molecule has 2 unspecified atom stereocenters. The predicted octanol–water partition coefficient (Wildman–Crippen LogP) is 2.08. The third kappa shape index (κ3) is 3.22. The van der Waals surface area contributed by atoms with E-state index in [0.717, 1.165) is 6.07 Å². The highest BCUT2D eigenvalue weighted by Crippen LogP contribution is 2.42. The van der Waals surface area contributed by atoms with Crippen LogP contribution in [0.1, 0.15) is 24.0 Å². The predicted molar refractivity (Wildman–Crippen MR) is 83.5 cm³/mol. The molecule has 122 valence electrons. The van der Waals surface area contributed by atoms with Gasteiger partial charge in [-0.2, -0.15) is 0 Å². The van der Waals surface area contributed by atoms with E-state index in [1.54, 1.807) is 6.92 Å². The molecule has 5 N–H and O–H groups in total. The summed E-state index contributed by atoms with van der Waals surface area (Å²) in [6.45, 7) is 3.08. The molecule has 0 saturated carbocycles. The third-order valence-electron chi connectivity index (χ3n) is 3.86. The summed E-state index contributed by atoms with van der Waals surface area (Å²) in [5.74, 6) is -2.50. The summed E-state index contributed by atoms with van der Waals surface area (Å²) in [7, 11) is 0. The number of phenols is 3. The first-order valence-corrected chi connectivity index (χ1v) is 6.99. The van der Waals surface area contributed by atoms with E-state index in [0.29, 0.717) is 5.57 Å². The summed E-state index contributed by atoms with van der Waals surface area (Å²) < 4.78 is 0. The van der Waals surface area contributed by atoms with Crippen molar-refractivity contribution in [2.75, 3.05) is 0 Å². The molecular formula is C17H18O6. The van der Waals surface area contributed by atoms with E-state index in [1.807, 2.05) is 0 Å². The summed E-state index contributed by atoms with van der Waals surface area (Å²) >= 11 is 0. The zero-order valence-electron chi connectivity index (χ0n) is 12.7. The minimum Gasteiger partial charge on any atom is -0.507 e. The number of aromatic hydroxyl groups is 3. The van der Waals surface area contributed by atoms with E-state index in [9.17, 15) is 30.3 Å². The van der Waals surface area contributed by atoms with Crippen molar-refractivity contribution in [2.24, 2.45) is 0 Å². The van der Waals surface area contributed by atoms with Gasteiger partial charge in [-0.3, -0.25) is 4.79 Å². The molecule has 2 atom stereocenters. The molecule has 0 saturated heterocycles. The van der Waals surface area contributed by atoms with Crippen LogP contribution >= 0.6 is 0 Å². The van der Waals surface area contributed by atoms with Gasteiger partial charge >= 0.3 is 0 Å². The monoisotopic (exact) mass is 318 g/mol. The first-order chi connectivity index (χ1) is 10.7. The number of benzene rings is 1. The van der Waals surface area contributed by atoms with Gasteiger partial charge < -0.3 is 25.5 Å². The van der Waals surface area contributed by atoms with Gasteiger partial charge in [0.25, 0.3) is 0 Å². The number of carbonyl (C=O) groups is 1. The van der Waals surface area contributed by atoms with E-state index in [1.165, 1.54) is 31.2 Å². The molecule has 2 rings (SSSR count). The van der Waals surface area contributed by atoms with Crippen LogP contribution in [0.4, 0.5) is 0 Å². The Morgan fingerprint density at radius 2 is 1.74 bits per heavy atom. The van der Waals surface area contributed by atoms with Crippen LogP contribution in [-0.4, -0.2) is 37.4 Å². The number of ketones is 1. The van der Waals surface area contributed by atoms with Gasteiger partial charge in [0.15, 0.2) is 5.76 Å². The Hall–Kier alpha value is -2.73. The number of carbonyl (C=O) groups excluding carboxylic acids is 1. The van der Waals surface area contributed by atoms with E-state index >= 15 is 0 Å². The summed E-state index contributed by atoms with van der Waals surface area (Å²) in [5, 5.41) is 49.3. The van der Waals surface area contributed by atoms with Crippen molar-refractivity contribution >= 4 is 5.78 Å². The number of aliphatic hydroxyl groups is 2. The fraction of sp³-hybridized carbons (Fsp3) is 0.235. The Morgan fingerprint density at radius 3 is 2.35 bits per heavy atom. The van der Waals surface area contributed by atoms with Gasteiger partial charge in [0, 0.05) is 23.1 Å². The molecule has 0 spiro atoms. The Bertz CT molecular complexity index is 742. The van der Waals surface area contributed by atoms with Crippen molar-refractivity contribution < 1.29 is 30.3 Å². The molecule has 0 radical (unpaired) electrons. The summed E-state index contributed by atoms with van der Waals surface area (Å²) in [5.41, 5.74) is 0.731. The quantitative estimate of drug-likeness (QED) is 0.582. The van der Waals surface area contributed by atoms with Crippen LogP contribution in [0.5, 0.6) is 17.2 Å². The molecule has 0 fully saturated rings. The normalized spacial score (nSPS) is 18.8. The fourth-order valence-corrected chi connectivity index (χ4v) is 2.36. The van der Waals surface area contributed by atoms with Crippen LogP contribution in [0.25, 0.3) is 0 Å². The molecule has 23 heavy (non-hydrogen) atoms.